The van der Waals surface area contributed by atoms with Gasteiger partial charge in [-0.3, -0.25) is 14.4 Å². The van der Waals surface area contributed by atoms with Gasteiger partial charge in [0.15, 0.2) is 11.9 Å². The number of rotatable bonds is 3. The number of methoxy groups -OCH3 is 1. The summed E-state index contributed by atoms with van der Waals surface area (Å²) < 4.78 is 15.3. The summed E-state index contributed by atoms with van der Waals surface area (Å²) in [7, 11) is 1.14. The second-order valence-corrected chi connectivity index (χ2v) is 11.9. The molecular formula is C27H32O10. The molecule has 200 valence electrons. The van der Waals surface area contributed by atoms with Crippen LogP contribution in [0.15, 0.2) is 22.8 Å². The van der Waals surface area contributed by atoms with Gasteiger partial charge >= 0.3 is 17.9 Å². The molecule has 1 saturated heterocycles. The van der Waals surface area contributed by atoms with Gasteiger partial charge in [-0.15, -0.1) is 0 Å². The average molecular weight is 517 g/mol. The van der Waals surface area contributed by atoms with Gasteiger partial charge in [-0.05, 0) is 36.8 Å². The van der Waals surface area contributed by atoms with Crippen molar-refractivity contribution < 1.29 is 48.4 Å². The van der Waals surface area contributed by atoms with E-state index in [9.17, 15) is 34.2 Å². The Morgan fingerprint density at radius 3 is 2.38 bits per heavy atom. The van der Waals surface area contributed by atoms with Gasteiger partial charge in [-0.1, -0.05) is 33.3 Å². The summed E-state index contributed by atoms with van der Waals surface area (Å²) in [5, 5.41) is 20.9. The maximum Gasteiger partial charge on any atom is 0.340 e. The maximum atomic E-state index is 13.9. The molecule has 2 saturated carbocycles. The maximum absolute atomic E-state index is 13.9. The highest BCUT2D eigenvalue weighted by Gasteiger charge is 2.70. The molecule has 0 spiro atoms. The molecule has 3 fully saturated rings. The highest BCUT2D eigenvalue weighted by atomic mass is 16.6. The fourth-order valence-electron chi connectivity index (χ4n) is 8.13. The Hall–Kier alpha value is -2.85. The first-order chi connectivity index (χ1) is 17.2. The Morgan fingerprint density at radius 2 is 1.78 bits per heavy atom. The Labute approximate surface area is 214 Å². The Balaban J connectivity index is 1.68. The quantitative estimate of drug-likeness (QED) is 0.242. The molecule has 2 bridgehead atoms. The molecule has 0 aromatic heterocycles. The molecule has 10 nitrogen and oxygen atoms in total. The van der Waals surface area contributed by atoms with Crippen LogP contribution in [0.3, 0.4) is 0 Å². The smallest absolute Gasteiger partial charge is 0.340 e. The first-order valence-electron chi connectivity index (χ1n) is 12.6. The largest absolute Gasteiger partial charge is 0.467 e. The van der Waals surface area contributed by atoms with Crippen LogP contribution < -0.4 is 0 Å². The van der Waals surface area contributed by atoms with Crippen molar-refractivity contribution in [3.8, 4) is 0 Å². The van der Waals surface area contributed by atoms with Crippen LogP contribution in [-0.2, 0) is 38.2 Å². The summed E-state index contributed by atoms with van der Waals surface area (Å²) in [5.74, 6) is -5.35. The van der Waals surface area contributed by atoms with Crippen molar-refractivity contribution in [2.24, 2.45) is 34.0 Å². The summed E-state index contributed by atoms with van der Waals surface area (Å²) in [5.41, 5.74) is -1.72. The van der Waals surface area contributed by atoms with Crippen LogP contribution in [0.5, 0.6) is 0 Å². The van der Waals surface area contributed by atoms with Crippen LogP contribution in [-0.4, -0.2) is 65.3 Å². The van der Waals surface area contributed by atoms with Gasteiger partial charge in [0.05, 0.1) is 25.0 Å². The number of aliphatic hydroxyl groups excluding tert-OH is 2. The predicted molar refractivity (Wildman–Crippen MR) is 124 cm³/mol. The molecule has 37 heavy (non-hydrogen) atoms. The number of hydrogen-bond acceptors (Lipinski definition) is 10. The van der Waals surface area contributed by atoms with Gasteiger partial charge in [0.1, 0.15) is 11.9 Å². The van der Waals surface area contributed by atoms with Crippen molar-refractivity contribution in [2.75, 3.05) is 7.11 Å². The summed E-state index contributed by atoms with van der Waals surface area (Å²) in [4.78, 5) is 65.3. The number of hydrogen-bond donors (Lipinski definition) is 2. The number of cyclic esters (lactones) is 2. The van der Waals surface area contributed by atoms with Gasteiger partial charge in [0, 0.05) is 22.2 Å². The summed E-state index contributed by atoms with van der Waals surface area (Å²) in [6.07, 6.45) is -1.93. The third-order valence-electron chi connectivity index (χ3n) is 9.80. The van der Waals surface area contributed by atoms with Crippen LogP contribution in [0.4, 0.5) is 0 Å². The van der Waals surface area contributed by atoms with Crippen LogP contribution in [0.1, 0.15) is 53.4 Å². The lowest BCUT2D eigenvalue weighted by atomic mass is 9.40. The SMILES string of the molecule is COC(=O)C(O)[C@H]1C(C)(C)C(=O)[C@@H]2CC3=C4CC(=O)O[C@@H](C5=CC(O)OC5=O)[C@]4(C)CCC3[C@@]1(C)C2=O. The van der Waals surface area contributed by atoms with Crippen LogP contribution in [0, 0.1) is 34.0 Å². The van der Waals surface area contributed by atoms with Crippen molar-refractivity contribution in [3.63, 3.8) is 0 Å². The normalized spacial score (nSPS) is 41.3. The van der Waals surface area contributed by atoms with E-state index in [0.717, 1.165) is 12.7 Å². The van der Waals surface area contributed by atoms with E-state index in [1.54, 1.807) is 20.8 Å². The molecule has 0 aromatic rings. The Kier molecular flexibility index (Phi) is 5.63. The lowest BCUT2D eigenvalue weighted by Gasteiger charge is -2.61. The van der Waals surface area contributed by atoms with Crippen LogP contribution in [0.2, 0.25) is 0 Å². The second-order valence-electron chi connectivity index (χ2n) is 11.9. The minimum absolute atomic E-state index is 0.0640. The fraction of sp³-hybridized carbons (Fsp3) is 0.667. The van der Waals surface area contributed by atoms with Gasteiger partial charge in [0.2, 0.25) is 6.29 Å². The number of ether oxygens (including phenoxy) is 3. The molecule has 5 aliphatic rings. The number of Topliss-reactive ketones (excluding diaryl/α,β-unsaturated/α-hetero) is 2. The molecule has 0 radical (unpaired) electrons. The minimum atomic E-state index is -1.69. The minimum Gasteiger partial charge on any atom is -0.467 e. The third-order valence-corrected chi connectivity index (χ3v) is 9.80. The van der Waals surface area contributed by atoms with E-state index in [2.05, 4.69) is 0 Å². The van der Waals surface area contributed by atoms with Crippen molar-refractivity contribution in [1.82, 2.24) is 0 Å². The van der Waals surface area contributed by atoms with E-state index in [0.29, 0.717) is 18.4 Å². The van der Waals surface area contributed by atoms with E-state index in [1.807, 2.05) is 6.92 Å². The Bertz CT molecular complexity index is 1190. The van der Waals surface area contributed by atoms with Crippen molar-refractivity contribution in [1.29, 1.82) is 0 Å². The van der Waals surface area contributed by atoms with Gasteiger partial charge in [-0.2, -0.15) is 0 Å². The number of carbonyl (C=O) groups excluding carboxylic acids is 5. The Morgan fingerprint density at radius 1 is 1.11 bits per heavy atom. The molecule has 2 aliphatic heterocycles. The highest BCUT2D eigenvalue weighted by molar-refractivity contribution is 6.11. The number of aliphatic hydroxyl groups is 2. The molecule has 2 heterocycles. The number of fused-ring (bicyclic) bond motifs is 5. The molecule has 3 aliphatic carbocycles. The van der Waals surface area contributed by atoms with E-state index in [1.165, 1.54) is 6.08 Å². The second kappa shape index (κ2) is 8.07. The zero-order valence-electron chi connectivity index (χ0n) is 21.5. The number of ketones is 2. The highest BCUT2D eigenvalue weighted by Crippen LogP contribution is 2.66. The van der Waals surface area contributed by atoms with Crippen molar-refractivity contribution in [3.05, 3.63) is 22.8 Å². The molecule has 3 unspecified atom stereocenters. The number of allylic oxidation sites excluding steroid dienone is 1. The first-order valence-corrected chi connectivity index (χ1v) is 12.6. The summed E-state index contributed by atoms with van der Waals surface area (Å²) >= 11 is 0. The van der Waals surface area contributed by atoms with Gasteiger partial charge < -0.3 is 24.4 Å². The molecule has 8 atom stereocenters. The molecular weight excluding hydrogens is 484 g/mol. The molecule has 0 aromatic carbocycles. The topological polar surface area (TPSA) is 154 Å². The van der Waals surface area contributed by atoms with Crippen molar-refractivity contribution in [2.45, 2.75) is 71.9 Å². The third kappa shape index (κ3) is 3.27. The lowest BCUT2D eigenvalue weighted by molar-refractivity contribution is -0.185. The van der Waals surface area contributed by atoms with E-state index >= 15 is 0 Å². The fourth-order valence-corrected chi connectivity index (χ4v) is 8.13. The zero-order valence-corrected chi connectivity index (χ0v) is 21.5. The molecule has 0 amide bonds. The standard InChI is InChI=1S/C27H32O10/c1-25(2)19(18(30)24(34)35-5)27(4)14-6-7-26(3)15(11(14)8-12(20(25)31)21(27)32)10-17(29)36-22(26)13-9-16(28)37-23(13)33/h9,12,14,16,18-19,22,28,30H,6-8,10H2,1-5H3/t12-,14?,16?,18?,19-,22-,26+,27+/m0/s1. The van der Waals surface area contributed by atoms with Gasteiger partial charge in [-0.25, -0.2) is 9.59 Å². The van der Waals surface area contributed by atoms with E-state index in [4.69, 9.17) is 14.2 Å². The summed E-state index contributed by atoms with van der Waals surface area (Å²) in [6.45, 7) is 6.91. The average Bonchev–Trinajstić information content (AvgIpc) is 3.16. The number of esters is 3. The predicted octanol–water partition coefficient (Wildman–Crippen LogP) is 1.17. The van der Waals surface area contributed by atoms with Crippen molar-refractivity contribution >= 4 is 29.5 Å². The van der Waals surface area contributed by atoms with Crippen LogP contribution in [0.25, 0.3) is 0 Å². The molecule has 2 N–H and O–H groups in total. The summed E-state index contributed by atoms with van der Waals surface area (Å²) in [6, 6.07) is 0. The molecule has 5 rings (SSSR count). The zero-order chi connectivity index (χ0) is 27.2. The molecule has 10 heteroatoms. The van der Waals surface area contributed by atoms with Crippen LogP contribution >= 0.6 is 0 Å². The lowest BCUT2D eigenvalue weighted by Crippen LogP contribution is -2.67. The first kappa shape index (κ1) is 25.8. The monoisotopic (exact) mass is 516 g/mol. The van der Waals surface area contributed by atoms with Gasteiger partial charge in [0.25, 0.3) is 0 Å². The number of carbonyl (C=O) groups is 5. The van der Waals surface area contributed by atoms with E-state index < -0.39 is 70.4 Å². The van der Waals surface area contributed by atoms with E-state index in [-0.39, 0.29) is 30.0 Å².